The van der Waals surface area contributed by atoms with Gasteiger partial charge in [0.2, 0.25) is 0 Å². The second-order valence-corrected chi connectivity index (χ2v) is 5.36. The Kier molecular flexibility index (Phi) is 3.91. The zero-order chi connectivity index (χ0) is 14.2. The van der Waals surface area contributed by atoms with Gasteiger partial charge in [0.15, 0.2) is 6.04 Å². The van der Waals surface area contributed by atoms with E-state index in [9.17, 15) is 14.7 Å². The third-order valence-electron chi connectivity index (χ3n) is 3.13. The van der Waals surface area contributed by atoms with Crippen LogP contribution in [-0.4, -0.2) is 41.1 Å². The fourth-order valence-corrected chi connectivity index (χ4v) is 2.65. The van der Waals surface area contributed by atoms with Gasteiger partial charge in [-0.1, -0.05) is 15.9 Å². The molecule has 1 heterocycles. The summed E-state index contributed by atoms with van der Waals surface area (Å²) in [5, 5.41) is 9.72. The summed E-state index contributed by atoms with van der Waals surface area (Å²) in [5.74, 6) is -0.881. The molecule has 0 spiro atoms. The lowest BCUT2D eigenvalue weighted by atomic mass is 10.1. The van der Waals surface area contributed by atoms with Crippen molar-refractivity contribution in [2.24, 2.45) is 0 Å². The van der Waals surface area contributed by atoms with Gasteiger partial charge in [0.1, 0.15) is 0 Å². The monoisotopic (exact) mass is 327 g/mol. The number of carbonyl (C=O) groups is 2. The molecule has 2 atom stereocenters. The Morgan fingerprint density at radius 2 is 2.21 bits per heavy atom. The normalized spacial score (nSPS) is 17.1. The number of fused-ring (bicyclic) bond motifs is 1. The van der Waals surface area contributed by atoms with Gasteiger partial charge in [0.25, 0.3) is 5.91 Å². The summed E-state index contributed by atoms with van der Waals surface area (Å²) in [7, 11) is 1.24. The SMILES string of the molecule is COC(=O)[C@H]([C@@H](C)O)N1Cc2cc(Br)ccc2C1=O. The summed E-state index contributed by atoms with van der Waals surface area (Å²) < 4.78 is 5.52. The molecule has 1 amide bonds. The number of hydrogen-bond acceptors (Lipinski definition) is 4. The molecule has 6 heteroatoms. The minimum Gasteiger partial charge on any atom is -0.467 e. The molecule has 2 rings (SSSR count). The Hall–Kier alpha value is -1.40. The number of carbonyl (C=O) groups excluding carboxylic acids is 2. The number of rotatable bonds is 3. The summed E-state index contributed by atoms with van der Waals surface area (Å²) in [6, 6.07) is 4.33. The molecule has 0 unspecified atom stereocenters. The van der Waals surface area contributed by atoms with E-state index in [0.717, 1.165) is 10.0 Å². The Balaban J connectivity index is 2.34. The first kappa shape index (κ1) is 14.0. The second-order valence-electron chi connectivity index (χ2n) is 4.44. The van der Waals surface area contributed by atoms with E-state index in [2.05, 4.69) is 20.7 Å². The number of methoxy groups -OCH3 is 1. The van der Waals surface area contributed by atoms with Gasteiger partial charge in [-0.2, -0.15) is 0 Å². The fraction of sp³-hybridized carbons (Fsp3) is 0.385. The van der Waals surface area contributed by atoms with Crippen molar-refractivity contribution in [2.45, 2.75) is 25.6 Å². The quantitative estimate of drug-likeness (QED) is 0.850. The highest BCUT2D eigenvalue weighted by atomic mass is 79.9. The summed E-state index contributed by atoms with van der Waals surface area (Å²) in [6.45, 7) is 1.76. The number of aliphatic hydroxyl groups is 1. The van der Waals surface area contributed by atoms with Crippen LogP contribution in [0.15, 0.2) is 22.7 Å². The number of ether oxygens (including phenoxy) is 1. The molecule has 1 aliphatic rings. The number of esters is 1. The maximum Gasteiger partial charge on any atom is 0.331 e. The molecule has 5 nitrogen and oxygen atoms in total. The van der Waals surface area contributed by atoms with Gasteiger partial charge in [0, 0.05) is 16.6 Å². The van der Waals surface area contributed by atoms with Crippen LogP contribution in [-0.2, 0) is 16.1 Å². The zero-order valence-corrected chi connectivity index (χ0v) is 12.2. The first-order valence-corrected chi connectivity index (χ1v) is 6.60. The molecule has 1 N–H and O–H groups in total. The van der Waals surface area contributed by atoms with Crippen molar-refractivity contribution < 1.29 is 19.4 Å². The second kappa shape index (κ2) is 5.30. The maximum absolute atomic E-state index is 12.3. The topological polar surface area (TPSA) is 66.8 Å². The van der Waals surface area contributed by atoms with E-state index in [1.165, 1.54) is 18.9 Å². The third-order valence-corrected chi connectivity index (χ3v) is 3.63. The summed E-state index contributed by atoms with van der Waals surface area (Å²) in [5.41, 5.74) is 1.38. The maximum atomic E-state index is 12.3. The zero-order valence-electron chi connectivity index (χ0n) is 10.6. The first-order chi connectivity index (χ1) is 8.95. The molecule has 0 fully saturated rings. The molecule has 0 bridgehead atoms. The van der Waals surface area contributed by atoms with Crippen molar-refractivity contribution in [1.29, 1.82) is 0 Å². The van der Waals surface area contributed by atoms with Crippen LogP contribution in [0.4, 0.5) is 0 Å². The van der Waals surface area contributed by atoms with E-state index >= 15 is 0 Å². The van der Waals surface area contributed by atoms with Crippen LogP contribution in [0.2, 0.25) is 0 Å². The Labute approximate surface area is 119 Å². The highest BCUT2D eigenvalue weighted by Crippen LogP contribution is 2.28. The average Bonchev–Trinajstić information content (AvgIpc) is 2.66. The first-order valence-electron chi connectivity index (χ1n) is 5.81. The van der Waals surface area contributed by atoms with Crippen LogP contribution in [0.5, 0.6) is 0 Å². The average molecular weight is 328 g/mol. The lowest BCUT2D eigenvalue weighted by Gasteiger charge is -2.27. The van der Waals surface area contributed by atoms with Gasteiger partial charge in [-0.15, -0.1) is 0 Å². The predicted molar refractivity (Wildman–Crippen MR) is 71.5 cm³/mol. The number of nitrogens with zero attached hydrogens (tertiary/aromatic N) is 1. The molecule has 0 saturated carbocycles. The molecular weight excluding hydrogens is 314 g/mol. The van der Waals surface area contributed by atoms with Crippen molar-refractivity contribution in [3.63, 3.8) is 0 Å². The minimum absolute atomic E-state index is 0.265. The van der Waals surface area contributed by atoms with E-state index in [0.29, 0.717) is 5.56 Å². The molecule has 0 aliphatic carbocycles. The number of aliphatic hydroxyl groups excluding tert-OH is 1. The van der Waals surface area contributed by atoms with E-state index in [1.54, 1.807) is 12.1 Å². The number of benzene rings is 1. The van der Waals surface area contributed by atoms with Gasteiger partial charge in [-0.3, -0.25) is 4.79 Å². The fourth-order valence-electron chi connectivity index (χ4n) is 2.24. The van der Waals surface area contributed by atoms with Crippen molar-refractivity contribution in [3.8, 4) is 0 Å². The highest BCUT2D eigenvalue weighted by Gasteiger charge is 2.39. The summed E-state index contributed by atoms with van der Waals surface area (Å²) >= 11 is 3.34. The van der Waals surface area contributed by atoms with Crippen LogP contribution < -0.4 is 0 Å². The third kappa shape index (κ3) is 2.50. The van der Waals surface area contributed by atoms with Crippen molar-refractivity contribution >= 4 is 27.8 Å². The van der Waals surface area contributed by atoms with Crippen molar-refractivity contribution in [3.05, 3.63) is 33.8 Å². The van der Waals surface area contributed by atoms with E-state index in [1.807, 2.05) is 6.07 Å². The van der Waals surface area contributed by atoms with Crippen molar-refractivity contribution in [2.75, 3.05) is 7.11 Å². The molecule has 0 aromatic heterocycles. The van der Waals surface area contributed by atoms with Gasteiger partial charge >= 0.3 is 5.97 Å². The molecular formula is C13H14BrNO4. The van der Waals surface area contributed by atoms with Crippen LogP contribution in [0.25, 0.3) is 0 Å². The van der Waals surface area contributed by atoms with Gasteiger partial charge in [0.05, 0.1) is 13.2 Å². The van der Waals surface area contributed by atoms with E-state index in [-0.39, 0.29) is 12.5 Å². The minimum atomic E-state index is -0.992. The Morgan fingerprint density at radius 3 is 2.79 bits per heavy atom. The van der Waals surface area contributed by atoms with Crippen molar-refractivity contribution in [1.82, 2.24) is 4.90 Å². The van der Waals surface area contributed by atoms with Gasteiger partial charge in [-0.05, 0) is 30.7 Å². The number of hydrogen-bond donors (Lipinski definition) is 1. The molecule has 1 aromatic rings. The standard InChI is InChI=1S/C13H14BrNO4/c1-7(16)11(13(18)19-2)15-6-8-5-9(14)3-4-10(8)12(15)17/h3-5,7,11,16H,6H2,1-2H3/t7-,11+/m1/s1. The highest BCUT2D eigenvalue weighted by molar-refractivity contribution is 9.10. The van der Waals surface area contributed by atoms with Crippen LogP contribution in [0.3, 0.4) is 0 Å². The molecule has 102 valence electrons. The van der Waals surface area contributed by atoms with Crippen LogP contribution in [0.1, 0.15) is 22.8 Å². The lowest BCUT2D eigenvalue weighted by Crippen LogP contribution is -2.48. The number of amides is 1. The molecule has 1 aliphatic heterocycles. The van der Waals surface area contributed by atoms with E-state index < -0.39 is 18.1 Å². The lowest BCUT2D eigenvalue weighted by molar-refractivity contribution is -0.149. The smallest absolute Gasteiger partial charge is 0.331 e. The van der Waals surface area contributed by atoms with E-state index in [4.69, 9.17) is 0 Å². The number of halogens is 1. The molecule has 0 saturated heterocycles. The Morgan fingerprint density at radius 1 is 1.53 bits per heavy atom. The molecule has 1 aromatic carbocycles. The molecule has 0 radical (unpaired) electrons. The predicted octanol–water partition coefficient (Wildman–Crippen LogP) is 1.33. The van der Waals surface area contributed by atoms with Gasteiger partial charge < -0.3 is 14.7 Å². The van der Waals surface area contributed by atoms with Crippen LogP contribution >= 0.6 is 15.9 Å². The summed E-state index contributed by atoms with van der Waals surface area (Å²) in [6.07, 6.45) is -0.992. The summed E-state index contributed by atoms with van der Waals surface area (Å²) in [4.78, 5) is 25.3. The van der Waals surface area contributed by atoms with Crippen LogP contribution in [0, 0.1) is 0 Å². The largest absolute Gasteiger partial charge is 0.467 e. The molecule has 19 heavy (non-hydrogen) atoms. The Bertz CT molecular complexity index is 529. The van der Waals surface area contributed by atoms with Gasteiger partial charge in [-0.25, -0.2) is 4.79 Å².